The highest BCUT2D eigenvalue weighted by Gasteiger charge is 2.32. The number of urea groups is 1. The molecule has 5 heteroatoms. The third kappa shape index (κ3) is 3.88. The molecular formula is C20H20N2O3. The topological polar surface area (TPSA) is 67.4 Å². The van der Waals surface area contributed by atoms with Crippen LogP contribution >= 0.6 is 0 Å². The van der Waals surface area contributed by atoms with Crippen LogP contribution in [0.4, 0.5) is 4.79 Å². The van der Waals surface area contributed by atoms with Crippen LogP contribution in [0.15, 0.2) is 65.9 Å². The number of allylic oxidation sites excluding steroid dienone is 1. The van der Waals surface area contributed by atoms with E-state index in [0.29, 0.717) is 11.3 Å². The molecule has 0 unspecified atom stereocenters. The van der Waals surface area contributed by atoms with Crippen molar-refractivity contribution in [1.29, 1.82) is 0 Å². The molecule has 25 heavy (non-hydrogen) atoms. The van der Waals surface area contributed by atoms with Crippen molar-refractivity contribution in [1.82, 2.24) is 10.6 Å². The molecule has 0 saturated carbocycles. The van der Waals surface area contributed by atoms with Crippen molar-refractivity contribution in [2.45, 2.75) is 26.5 Å². The predicted molar refractivity (Wildman–Crippen MR) is 94.5 cm³/mol. The molecule has 2 aromatic carbocycles. The number of nitrogens with one attached hydrogen (secondary N) is 2. The molecule has 128 valence electrons. The molecule has 0 aliphatic carbocycles. The summed E-state index contributed by atoms with van der Waals surface area (Å²) in [4.78, 5) is 24.5. The Morgan fingerprint density at radius 2 is 1.72 bits per heavy atom. The van der Waals surface area contributed by atoms with E-state index in [1.807, 2.05) is 61.5 Å². The van der Waals surface area contributed by atoms with Crippen molar-refractivity contribution < 1.29 is 14.3 Å². The van der Waals surface area contributed by atoms with Crippen LogP contribution in [0.5, 0.6) is 0 Å². The minimum atomic E-state index is -0.527. The van der Waals surface area contributed by atoms with Gasteiger partial charge < -0.3 is 15.4 Å². The van der Waals surface area contributed by atoms with Crippen molar-refractivity contribution in [2.24, 2.45) is 0 Å². The number of amides is 2. The van der Waals surface area contributed by atoms with Gasteiger partial charge in [0.1, 0.15) is 6.61 Å². The van der Waals surface area contributed by atoms with Gasteiger partial charge in [0.05, 0.1) is 11.6 Å². The number of carbonyl (C=O) groups is 2. The molecule has 1 aliphatic heterocycles. The van der Waals surface area contributed by atoms with Crippen LogP contribution in [-0.2, 0) is 16.1 Å². The fourth-order valence-electron chi connectivity index (χ4n) is 2.77. The van der Waals surface area contributed by atoms with Crippen LogP contribution in [0.3, 0.4) is 0 Å². The number of hydrogen-bond acceptors (Lipinski definition) is 3. The highest BCUT2D eigenvalue weighted by molar-refractivity contribution is 5.95. The van der Waals surface area contributed by atoms with Gasteiger partial charge in [-0.15, -0.1) is 0 Å². The zero-order valence-electron chi connectivity index (χ0n) is 14.2. The molecule has 0 bridgehead atoms. The Labute approximate surface area is 146 Å². The number of hydrogen-bond donors (Lipinski definition) is 2. The van der Waals surface area contributed by atoms with E-state index in [1.54, 1.807) is 6.92 Å². The third-order valence-corrected chi connectivity index (χ3v) is 4.11. The number of ether oxygens (including phenoxy) is 1. The summed E-state index contributed by atoms with van der Waals surface area (Å²) in [6.07, 6.45) is 0. The predicted octanol–water partition coefficient (Wildman–Crippen LogP) is 3.37. The van der Waals surface area contributed by atoms with Gasteiger partial charge in [-0.25, -0.2) is 9.59 Å². The Bertz CT molecular complexity index is 811. The van der Waals surface area contributed by atoms with Gasteiger partial charge in [0.15, 0.2) is 0 Å². The monoisotopic (exact) mass is 336 g/mol. The fourth-order valence-corrected chi connectivity index (χ4v) is 2.77. The summed E-state index contributed by atoms with van der Waals surface area (Å²) >= 11 is 0. The summed E-state index contributed by atoms with van der Waals surface area (Å²) in [5, 5.41) is 5.44. The normalized spacial score (nSPS) is 16.9. The molecule has 1 heterocycles. The Morgan fingerprint density at radius 1 is 1.04 bits per heavy atom. The summed E-state index contributed by atoms with van der Waals surface area (Å²) in [6, 6.07) is 16.3. The van der Waals surface area contributed by atoms with Crippen molar-refractivity contribution in [3.05, 3.63) is 82.6 Å². The molecule has 2 aromatic rings. The second-order valence-corrected chi connectivity index (χ2v) is 6.04. The van der Waals surface area contributed by atoms with Crippen LogP contribution in [0.2, 0.25) is 0 Å². The molecule has 0 saturated heterocycles. The molecular weight excluding hydrogens is 316 g/mol. The minimum absolute atomic E-state index is 0.186. The number of aryl methyl sites for hydroxylation is 1. The molecule has 1 atom stereocenters. The van der Waals surface area contributed by atoms with Crippen molar-refractivity contribution >= 4 is 12.0 Å². The van der Waals surface area contributed by atoms with Gasteiger partial charge in [-0.05, 0) is 25.0 Å². The lowest BCUT2D eigenvalue weighted by Gasteiger charge is -2.28. The maximum atomic E-state index is 12.7. The van der Waals surface area contributed by atoms with Gasteiger partial charge in [-0.1, -0.05) is 60.2 Å². The maximum Gasteiger partial charge on any atom is 0.338 e. The van der Waals surface area contributed by atoms with E-state index in [2.05, 4.69) is 10.6 Å². The highest BCUT2D eigenvalue weighted by atomic mass is 16.5. The minimum Gasteiger partial charge on any atom is -0.457 e. The Morgan fingerprint density at radius 3 is 2.40 bits per heavy atom. The van der Waals surface area contributed by atoms with E-state index in [9.17, 15) is 9.59 Å². The number of esters is 1. The van der Waals surface area contributed by atoms with Gasteiger partial charge in [-0.3, -0.25) is 0 Å². The Hall–Kier alpha value is -3.08. The molecule has 0 spiro atoms. The van der Waals surface area contributed by atoms with Crippen molar-refractivity contribution in [3.8, 4) is 0 Å². The summed E-state index contributed by atoms with van der Waals surface area (Å²) in [5.74, 6) is -0.445. The molecule has 2 amide bonds. The Kier molecular flexibility index (Phi) is 4.84. The number of benzene rings is 2. The highest BCUT2D eigenvalue weighted by Crippen LogP contribution is 2.27. The van der Waals surface area contributed by atoms with Crippen molar-refractivity contribution in [3.63, 3.8) is 0 Å². The van der Waals surface area contributed by atoms with Crippen molar-refractivity contribution in [2.75, 3.05) is 0 Å². The molecule has 3 rings (SSSR count). The van der Waals surface area contributed by atoms with Crippen LogP contribution in [0.1, 0.15) is 29.7 Å². The van der Waals surface area contributed by atoms with E-state index in [-0.39, 0.29) is 12.6 Å². The van der Waals surface area contributed by atoms with E-state index in [4.69, 9.17) is 4.74 Å². The summed E-state index contributed by atoms with van der Waals surface area (Å²) in [5.41, 5.74) is 3.82. The zero-order valence-corrected chi connectivity index (χ0v) is 14.2. The smallest absolute Gasteiger partial charge is 0.338 e. The van der Waals surface area contributed by atoms with Crippen LogP contribution in [-0.4, -0.2) is 12.0 Å². The lowest BCUT2D eigenvalue weighted by atomic mass is 9.96. The van der Waals surface area contributed by atoms with Crippen LogP contribution < -0.4 is 10.6 Å². The molecule has 1 aliphatic rings. The van der Waals surface area contributed by atoms with Gasteiger partial charge in [-0.2, -0.15) is 0 Å². The van der Waals surface area contributed by atoms with Crippen LogP contribution in [0.25, 0.3) is 0 Å². The molecule has 0 aromatic heterocycles. The largest absolute Gasteiger partial charge is 0.457 e. The fraction of sp³-hybridized carbons (Fsp3) is 0.200. The standard InChI is InChI=1S/C20H20N2O3/c1-13-8-10-15(11-9-13)12-25-19(23)17-14(2)21-20(24)22-18(17)16-6-4-3-5-7-16/h3-11,18H,12H2,1-2H3,(H2,21,22,24)/t18-/m0/s1. The Balaban J connectivity index is 1.81. The molecule has 5 nitrogen and oxygen atoms in total. The second-order valence-electron chi connectivity index (χ2n) is 6.04. The average Bonchev–Trinajstić information content (AvgIpc) is 2.61. The quantitative estimate of drug-likeness (QED) is 0.841. The second kappa shape index (κ2) is 7.21. The van der Waals surface area contributed by atoms with E-state index in [1.165, 1.54) is 0 Å². The summed E-state index contributed by atoms with van der Waals surface area (Å²) in [6.45, 7) is 3.90. The third-order valence-electron chi connectivity index (χ3n) is 4.11. The lowest BCUT2D eigenvalue weighted by Crippen LogP contribution is -2.45. The maximum absolute atomic E-state index is 12.7. The summed E-state index contributed by atoms with van der Waals surface area (Å²) in [7, 11) is 0. The SMILES string of the molecule is CC1=C(C(=O)OCc2ccc(C)cc2)[C@H](c2ccccc2)NC(=O)N1. The van der Waals surface area contributed by atoms with E-state index in [0.717, 1.165) is 16.7 Å². The van der Waals surface area contributed by atoms with E-state index < -0.39 is 12.0 Å². The first kappa shape index (κ1) is 16.8. The molecule has 2 N–H and O–H groups in total. The van der Waals surface area contributed by atoms with Gasteiger partial charge in [0.25, 0.3) is 0 Å². The summed E-state index contributed by atoms with van der Waals surface area (Å²) < 4.78 is 5.48. The number of rotatable bonds is 4. The van der Waals surface area contributed by atoms with Gasteiger partial charge in [0, 0.05) is 5.70 Å². The van der Waals surface area contributed by atoms with E-state index >= 15 is 0 Å². The number of carbonyl (C=O) groups excluding carboxylic acids is 2. The first-order valence-electron chi connectivity index (χ1n) is 8.10. The first-order valence-corrected chi connectivity index (χ1v) is 8.10. The molecule has 0 fully saturated rings. The van der Waals surface area contributed by atoms with Gasteiger partial charge >= 0.3 is 12.0 Å². The van der Waals surface area contributed by atoms with Gasteiger partial charge in [0.2, 0.25) is 0 Å². The first-order chi connectivity index (χ1) is 12.0. The zero-order chi connectivity index (χ0) is 17.8. The average molecular weight is 336 g/mol. The van der Waals surface area contributed by atoms with Crippen LogP contribution in [0, 0.1) is 6.92 Å². The molecule has 0 radical (unpaired) electrons. The lowest BCUT2D eigenvalue weighted by molar-refractivity contribution is -0.140.